The van der Waals surface area contributed by atoms with Gasteiger partial charge in [0.25, 0.3) is 5.88 Å². The molecule has 4 saturated heterocycles. The van der Waals surface area contributed by atoms with Crippen LogP contribution in [0.3, 0.4) is 0 Å². The molecule has 4 aliphatic heterocycles. The third-order valence-electron chi connectivity index (χ3n) is 14.1. The van der Waals surface area contributed by atoms with Gasteiger partial charge in [0.15, 0.2) is 18.4 Å². The van der Waals surface area contributed by atoms with Gasteiger partial charge in [0, 0.05) is 56.7 Å². The van der Waals surface area contributed by atoms with Crippen LogP contribution in [0.5, 0.6) is 17.6 Å². The van der Waals surface area contributed by atoms with Gasteiger partial charge in [-0.15, -0.1) is 0 Å². The Morgan fingerprint density at radius 2 is 1.81 bits per heavy atom. The Labute approximate surface area is 369 Å². The molecule has 13 nitrogen and oxygen atoms in total. The molecule has 0 spiro atoms. The Morgan fingerprint density at radius 1 is 0.968 bits per heavy atom. The zero-order chi connectivity index (χ0) is 43.7. The molecule has 4 fully saturated rings. The largest absolute Gasteiger partial charge is 0.474 e. The quantitative estimate of drug-likeness (QED) is 0.0932. The highest BCUT2D eigenvalue weighted by Crippen LogP contribution is 2.44. The number of amides is 1. The summed E-state index contributed by atoms with van der Waals surface area (Å²) in [6.45, 7) is 12.5. The number of pyridine rings is 1. The van der Waals surface area contributed by atoms with E-state index in [1.165, 1.54) is 0 Å². The number of aryl methyl sites for hydroxylation is 1. The first-order valence-corrected chi connectivity index (χ1v) is 23.3. The summed E-state index contributed by atoms with van der Waals surface area (Å²) in [5, 5.41) is 6.69. The molecule has 4 aliphatic rings. The van der Waals surface area contributed by atoms with E-state index in [1.807, 2.05) is 43.0 Å². The van der Waals surface area contributed by atoms with Crippen LogP contribution < -0.4 is 19.1 Å². The average Bonchev–Trinajstić information content (AvgIpc) is 4.06. The molecule has 14 heteroatoms. The van der Waals surface area contributed by atoms with E-state index in [1.54, 1.807) is 19.4 Å². The summed E-state index contributed by atoms with van der Waals surface area (Å²) in [6, 6.07) is 12.3. The minimum Gasteiger partial charge on any atom is -0.474 e. The average molecular weight is 864 g/mol. The number of carbonyl (C=O) groups excluding carboxylic acids is 1. The van der Waals surface area contributed by atoms with Crippen LogP contribution in [0.25, 0.3) is 32.9 Å². The first-order valence-electron chi connectivity index (χ1n) is 23.3. The lowest BCUT2D eigenvalue weighted by molar-refractivity contribution is -0.134. The zero-order valence-corrected chi connectivity index (χ0v) is 37.5. The predicted octanol–water partition coefficient (Wildman–Crippen LogP) is 9.10. The highest BCUT2D eigenvalue weighted by atomic mass is 19.1. The Hall–Kier alpha value is -5.08. The molecule has 0 N–H and O–H groups in total. The first-order chi connectivity index (χ1) is 30.7. The van der Waals surface area contributed by atoms with Gasteiger partial charge in [-0.25, -0.2) is 4.39 Å². The number of ether oxygens (including phenoxy) is 4. The number of anilines is 1. The monoisotopic (exact) mass is 863 g/mol. The highest BCUT2D eigenvalue weighted by Gasteiger charge is 2.50. The van der Waals surface area contributed by atoms with Gasteiger partial charge < -0.3 is 33.3 Å². The molecule has 4 unspecified atom stereocenters. The van der Waals surface area contributed by atoms with Gasteiger partial charge in [0.1, 0.15) is 41.9 Å². The summed E-state index contributed by atoms with van der Waals surface area (Å²) in [4.78, 5) is 35.1. The van der Waals surface area contributed by atoms with Crippen LogP contribution in [0.2, 0.25) is 0 Å². The van der Waals surface area contributed by atoms with Crippen molar-refractivity contribution >= 4 is 33.4 Å². The van der Waals surface area contributed by atoms with E-state index in [2.05, 4.69) is 34.9 Å². The smallest absolute Gasteiger partial charge is 0.319 e. The van der Waals surface area contributed by atoms with Crippen molar-refractivity contribution in [2.45, 2.75) is 122 Å². The van der Waals surface area contributed by atoms with E-state index in [0.717, 1.165) is 113 Å². The number of benzene rings is 2. The van der Waals surface area contributed by atoms with Crippen molar-refractivity contribution in [1.29, 1.82) is 0 Å². The number of methoxy groups -OCH3 is 1. The van der Waals surface area contributed by atoms with Gasteiger partial charge in [-0.05, 0) is 111 Å². The van der Waals surface area contributed by atoms with Crippen molar-refractivity contribution in [3.05, 3.63) is 59.7 Å². The fourth-order valence-electron chi connectivity index (χ4n) is 10.8. The second-order valence-electron chi connectivity index (χ2n) is 18.4. The Bertz CT molecular complexity index is 2420. The fourth-order valence-corrected chi connectivity index (χ4v) is 10.8. The van der Waals surface area contributed by atoms with E-state index >= 15 is 4.39 Å². The van der Waals surface area contributed by atoms with Gasteiger partial charge in [-0.2, -0.15) is 9.97 Å². The lowest BCUT2D eigenvalue weighted by atomic mass is 9.91. The van der Waals surface area contributed by atoms with Gasteiger partial charge in [-0.1, -0.05) is 51.8 Å². The second kappa shape index (κ2) is 18.6. The molecule has 1 amide bonds. The van der Waals surface area contributed by atoms with Gasteiger partial charge in [0.05, 0.1) is 10.9 Å². The number of rotatable bonds is 15. The summed E-state index contributed by atoms with van der Waals surface area (Å²) in [7, 11) is 1.58. The highest BCUT2D eigenvalue weighted by molar-refractivity contribution is 6.01. The van der Waals surface area contributed by atoms with E-state index < -0.39 is 11.7 Å². The van der Waals surface area contributed by atoms with Crippen LogP contribution in [0, 0.1) is 11.7 Å². The minimum atomic E-state index is -0.517. The maximum absolute atomic E-state index is 17.4. The number of carbonyl (C=O) groups is 1. The summed E-state index contributed by atoms with van der Waals surface area (Å²) < 4.78 is 47.3. The molecule has 0 radical (unpaired) electrons. The molecule has 0 bridgehead atoms. The molecular formula is C49H62FN7O6. The number of hydrogen-bond acceptors (Lipinski definition) is 12. The van der Waals surface area contributed by atoms with Crippen molar-refractivity contribution in [3.63, 3.8) is 0 Å². The molecule has 0 aliphatic carbocycles. The van der Waals surface area contributed by atoms with Gasteiger partial charge >= 0.3 is 6.01 Å². The maximum Gasteiger partial charge on any atom is 0.319 e. The van der Waals surface area contributed by atoms with Crippen LogP contribution in [0.4, 0.5) is 10.2 Å². The Balaban J connectivity index is 0.976. The van der Waals surface area contributed by atoms with Crippen LogP contribution >= 0.6 is 0 Å². The zero-order valence-electron chi connectivity index (χ0n) is 37.5. The number of hydrogen-bond donors (Lipinski definition) is 0. The SMILES string of the molecule is CCc1cccc2cc(OCOC)cc(-c3ncc4c(N5CCCCCC5)nc(OCC56CCCN5C(COc5cc(C(C(=O)N7CCCC7C)C(C)C)on5)CC6)nc4c3F)c12. The first kappa shape index (κ1) is 43.2. The summed E-state index contributed by atoms with van der Waals surface area (Å²) in [5.41, 5.74) is 1.89. The molecular weight excluding hydrogens is 802 g/mol. The molecule has 9 rings (SSSR count). The van der Waals surface area contributed by atoms with E-state index in [-0.39, 0.29) is 53.5 Å². The third kappa shape index (κ3) is 8.52. The number of halogens is 1. The number of fused-ring (bicyclic) bond motifs is 3. The van der Waals surface area contributed by atoms with Gasteiger partial charge in [-0.3, -0.25) is 14.7 Å². The molecule has 2 aromatic carbocycles. The predicted molar refractivity (Wildman–Crippen MR) is 240 cm³/mol. The van der Waals surface area contributed by atoms with Crippen LogP contribution in [-0.2, 0) is 16.0 Å². The van der Waals surface area contributed by atoms with Crippen LogP contribution in [-0.4, -0.2) is 107 Å². The molecule has 63 heavy (non-hydrogen) atoms. The standard InChI is InChI=1S/C49H62FN7O6/c1-6-33-15-11-16-34-24-36(62-30-59-5)25-37(42(33)34)44-43(50)45-38(27-51-44)46(55-20-9-7-8-10-21-55)53-48(52-45)61-29-49-18-13-23-57(49)35(17-19-49)28-60-40-26-39(63-54-40)41(31(2)3)47(58)56-22-12-14-32(56)4/h11,15-16,24-27,31-32,35,41H,6-10,12-14,17-23,28-30H2,1-5H3. The molecule has 0 saturated carbocycles. The summed E-state index contributed by atoms with van der Waals surface area (Å²) >= 11 is 0. The molecule has 7 heterocycles. The lowest BCUT2D eigenvalue weighted by Crippen LogP contribution is -2.48. The Morgan fingerprint density at radius 3 is 2.57 bits per heavy atom. The summed E-state index contributed by atoms with van der Waals surface area (Å²) in [6.07, 6.45) is 12.7. The van der Waals surface area contributed by atoms with Crippen molar-refractivity contribution in [1.82, 2.24) is 29.9 Å². The number of aromatic nitrogens is 4. The summed E-state index contributed by atoms with van der Waals surface area (Å²) in [5.74, 6) is 1.42. The topological polar surface area (TPSA) is 128 Å². The van der Waals surface area contributed by atoms with Crippen LogP contribution in [0.1, 0.15) is 109 Å². The maximum atomic E-state index is 17.4. The third-order valence-corrected chi connectivity index (χ3v) is 14.1. The molecule has 336 valence electrons. The number of likely N-dealkylation sites (tertiary alicyclic amines) is 1. The van der Waals surface area contributed by atoms with Crippen molar-refractivity contribution in [2.24, 2.45) is 5.92 Å². The molecule has 5 aromatic rings. The van der Waals surface area contributed by atoms with E-state index in [9.17, 15) is 4.79 Å². The minimum absolute atomic E-state index is 0.0566. The lowest BCUT2D eigenvalue weighted by Gasteiger charge is -2.34. The molecule has 4 atom stereocenters. The van der Waals surface area contributed by atoms with Crippen LogP contribution in [0.15, 0.2) is 47.1 Å². The van der Waals surface area contributed by atoms with E-state index in [0.29, 0.717) is 47.4 Å². The van der Waals surface area contributed by atoms with Crippen molar-refractivity contribution in [2.75, 3.05) is 58.2 Å². The second-order valence-corrected chi connectivity index (χ2v) is 18.4. The van der Waals surface area contributed by atoms with E-state index in [4.69, 9.17) is 38.4 Å². The van der Waals surface area contributed by atoms with Crippen molar-refractivity contribution < 1.29 is 32.7 Å². The fraction of sp³-hybridized carbons (Fsp3) is 0.571. The van der Waals surface area contributed by atoms with Gasteiger partial charge in [0.2, 0.25) is 5.91 Å². The number of nitrogens with zero attached hydrogens (tertiary/aromatic N) is 7. The normalized spacial score (nSPS) is 22.3. The molecule has 3 aromatic heterocycles. The van der Waals surface area contributed by atoms with Crippen molar-refractivity contribution in [3.8, 4) is 28.9 Å². The Kier molecular flexibility index (Phi) is 12.7.